The van der Waals surface area contributed by atoms with E-state index in [0.717, 1.165) is 22.6 Å². The van der Waals surface area contributed by atoms with Crippen LogP contribution in [0.25, 0.3) is 5.69 Å². The smallest absolute Gasteiger partial charge is 0.245 e. The monoisotopic (exact) mass is 370 g/mol. The van der Waals surface area contributed by atoms with Crippen molar-refractivity contribution in [2.24, 2.45) is 0 Å². The molecule has 1 atom stereocenters. The fraction of sp³-hybridized carbons (Fsp3) is 0.450. The Morgan fingerprint density at radius 3 is 2.52 bits per heavy atom. The molecule has 1 aliphatic rings. The number of aromatic nitrogens is 2. The van der Waals surface area contributed by atoms with Crippen molar-refractivity contribution in [3.05, 3.63) is 47.3 Å². The van der Waals surface area contributed by atoms with Crippen molar-refractivity contribution in [2.75, 3.05) is 26.3 Å². The van der Waals surface area contributed by atoms with E-state index >= 15 is 0 Å². The first-order chi connectivity index (χ1) is 13.0. The lowest BCUT2D eigenvalue weighted by Gasteiger charge is -2.29. The molecule has 2 amide bonds. The van der Waals surface area contributed by atoms with E-state index in [1.807, 2.05) is 48.9 Å². The van der Waals surface area contributed by atoms with Crippen LogP contribution in [0.1, 0.15) is 23.9 Å². The van der Waals surface area contributed by atoms with Crippen LogP contribution >= 0.6 is 0 Å². The topological polar surface area (TPSA) is 76.5 Å². The first-order valence-electron chi connectivity index (χ1n) is 9.23. The van der Waals surface area contributed by atoms with Crippen LogP contribution in [0, 0.1) is 13.8 Å². The molecule has 0 spiro atoms. The summed E-state index contributed by atoms with van der Waals surface area (Å²) in [4.78, 5) is 26.7. The number of nitrogens with zero attached hydrogens (tertiary/aromatic N) is 3. The van der Waals surface area contributed by atoms with E-state index in [1.165, 1.54) is 0 Å². The molecule has 2 heterocycles. The Labute approximate surface area is 159 Å². The highest BCUT2D eigenvalue weighted by Crippen LogP contribution is 2.18. The summed E-state index contributed by atoms with van der Waals surface area (Å²) in [6, 6.07) is 9.27. The second kappa shape index (κ2) is 8.35. The molecule has 0 bridgehead atoms. The van der Waals surface area contributed by atoms with E-state index in [0.29, 0.717) is 26.3 Å². The van der Waals surface area contributed by atoms with Crippen molar-refractivity contribution < 1.29 is 14.3 Å². The number of benzene rings is 1. The quantitative estimate of drug-likeness (QED) is 0.863. The number of nitrogens with one attached hydrogen (secondary N) is 1. The van der Waals surface area contributed by atoms with Gasteiger partial charge in [0.2, 0.25) is 11.8 Å². The van der Waals surface area contributed by atoms with Crippen molar-refractivity contribution in [1.82, 2.24) is 20.0 Å². The van der Waals surface area contributed by atoms with Crippen LogP contribution in [0.5, 0.6) is 0 Å². The third kappa shape index (κ3) is 4.36. The first-order valence-corrected chi connectivity index (χ1v) is 9.23. The molecule has 1 aromatic carbocycles. The lowest BCUT2D eigenvalue weighted by Crippen LogP contribution is -2.50. The maximum atomic E-state index is 12.5. The molecule has 3 rings (SSSR count). The molecule has 27 heavy (non-hydrogen) atoms. The number of hydrogen-bond acceptors (Lipinski definition) is 4. The van der Waals surface area contributed by atoms with Crippen LogP contribution in [0.15, 0.2) is 30.3 Å². The van der Waals surface area contributed by atoms with Crippen LogP contribution in [0.2, 0.25) is 0 Å². The Kier molecular flexibility index (Phi) is 5.91. The summed E-state index contributed by atoms with van der Waals surface area (Å²) in [5.41, 5.74) is 3.60. The van der Waals surface area contributed by atoms with Crippen LogP contribution in [0.3, 0.4) is 0 Å². The van der Waals surface area contributed by atoms with Crippen molar-refractivity contribution in [1.29, 1.82) is 0 Å². The van der Waals surface area contributed by atoms with Gasteiger partial charge in [0.25, 0.3) is 0 Å². The van der Waals surface area contributed by atoms with Crippen molar-refractivity contribution in [3.8, 4) is 5.69 Å². The Morgan fingerprint density at radius 1 is 1.19 bits per heavy atom. The zero-order valence-corrected chi connectivity index (χ0v) is 16.1. The zero-order valence-electron chi connectivity index (χ0n) is 16.1. The zero-order chi connectivity index (χ0) is 19.4. The summed E-state index contributed by atoms with van der Waals surface area (Å²) >= 11 is 0. The van der Waals surface area contributed by atoms with Gasteiger partial charge in [-0.05, 0) is 32.9 Å². The summed E-state index contributed by atoms with van der Waals surface area (Å²) in [5, 5.41) is 7.39. The lowest BCUT2D eigenvalue weighted by molar-refractivity contribution is -0.139. The molecule has 2 aromatic rings. The molecule has 7 nitrogen and oxygen atoms in total. The SMILES string of the molecule is Cc1nn(-c2ccccc2)c(C)c1CC(=O)N[C@@H](C)C(=O)N1CCOCC1. The van der Waals surface area contributed by atoms with E-state index < -0.39 is 6.04 Å². The van der Waals surface area contributed by atoms with E-state index in [-0.39, 0.29) is 18.2 Å². The lowest BCUT2D eigenvalue weighted by atomic mass is 10.1. The second-order valence-electron chi connectivity index (χ2n) is 6.80. The molecule has 1 fully saturated rings. The number of ether oxygens (including phenoxy) is 1. The summed E-state index contributed by atoms with van der Waals surface area (Å²) < 4.78 is 7.11. The Balaban J connectivity index is 1.65. The van der Waals surface area contributed by atoms with Gasteiger partial charge in [-0.2, -0.15) is 5.10 Å². The van der Waals surface area contributed by atoms with E-state index in [2.05, 4.69) is 10.4 Å². The minimum Gasteiger partial charge on any atom is -0.378 e. The third-order valence-electron chi connectivity index (χ3n) is 4.85. The predicted octanol–water partition coefficient (Wildman–Crippen LogP) is 1.40. The number of carbonyl (C=O) groups excluding carboxylic acids is 2. The average molecular weight is 370 g/mol. The first kappa shape index (κ1) is 19.1. The highest BCUT2D eigenvalue weighted by molar-refractivity contribution is 5.88. The van der Waals surface area contributed by atoms with Crippen molar-refractivity contribution in [2.45, 2.75) is 33.2 Å². The van der Waals surface area contributed by atoms with Crippen LogP contribution in [0.4, 0.5) is 0 Å². The molecule has 0 unspecified atom stereocenters. The molecule has 0 radical (unpaired) electrons. The maximum absolute atomic E-state index is 12.5. The van der Waals surface area contributed by atoms with E-state index in [1.54, 1.807) is 11.8 Å². The molecule has 1 N–H and O–H groups in total. The van der Waals surface area contributed by atoms with Crippen LogP contribution in [-0.2, 0) is 20.7 Å². The fourth-order valence-electron chi connectivity index (χ4n) is 3.32. The fourth-order valence-corrected chi connectivity index (χ4v) is 3.32. The summed E-state index contributed by atoms with van der Waals surface area (Å²) in [5.74, 6) is -0.247. The predicted molar refractivity (Wildman–Crippen MR) is 102 cm³/mol. The highest BCUT2D eigenvalue weighted by Gasteiger charge is 2.24. The van der Waals surface area contributed by atoms with Gasteiger partial charge in [-0.25, -0.2) is 4.68 Å². The largest absolute Gasteiger partial charge is 0.378 e. The molecule has 0 aliphatic carbocycles. The van der Waals surface area contributed by atoms with Gasteiger partial charge in [-0.15, -0.1) is 0 Å². The van der Waals surface area contributed by atoms with Gasteiger partial charge in [0.15, 0.2) is 0 Å². The van der Waals surface area contributed by atoms with Gasteiger partial charge < -0.3 is 15.0 Å². The minimum absolute atomic E-state index is 0.0694. The maximum Gasteiger partial charge on any atom is 0.245 e. The number of hydrogen-bond donors (Lipinski definition) is 1. The number of rotatable bonds is 5. The third-order valence-corrected chi connectivity index (χ3v) is 4.85. The normalized spacial score (nSPS) is 15.4. The van der Waals surface area contributed by atoms with Gasteiger partial charge in [0.05, 0.1) is 31.0 Å². The summed E-state index contributed by atoms with van der Waals surface area (Å²) in [6.07, 6.45) is 0.200. The number of morpholine rings is 1. The van der Waals surface area contributed by atoms with Crippen molar-refractivity contribution >= 4 is 11.8 Å². The summed E-state index contributed by atoms with van der Waals surface area (Å²) in [7, 11) is 0. The molecular formula is C20H26N4O3. The molecule has 7 heteroatoms. The average Bonchev–Trinajstić information content (AvgIpc) is 2.97. The number of para-hydroxylation sites is 1. The molecule has 1 saturated heterocycles. The Morgan fingerprint density at radius 2 is 1.85 bits per heavy atom. The Hall–Kier alpha value is -2.67. The molecular weight excluding hydrogens is 344 g/mol. The standard InChI is InChI=1S/C20H26N4O3/c1-14-18(16(3)24(22-14)17-7-5-4-6-8-17)13-19(25)21-15(2)20(26)23-9-11-27-12-10-23/h4-8,15H,9-13H2,1-3H3,(H,21,25)/t15-/m0/s1. The second-order valence-corrected chi connectivity index (χ2v) is 6.80. The van der Waals surface area contributed by atoms with Crippen LogP contribution < -0.4 is 5.32 Å². The van der Waals surface area contributed by atoms with Gasteiger partial charge in [0, 0.05) is 24.3 Å². The molecule has 1 aromatic heterocycles. The van der Waals surface area contributed by atoms with Gasteiger partial charge in [-0.3, -0.25) is 9.59 Å². The molecule has 1 aliphatic heterocycles. The number of aryl methyl sites for hydroxylation is 1. The molecule has 144 valence electrons. The van der Waals surface area contributed by atoms with Gasteiger partial charge in [0.1, 0.15) is 6.04 Å². The minimum atomic E-state index is -0.555. The number of amides is 2. The number of carbonyl (C=O) groups is 2. The highest BCUT2D eigenvalue weighted by atomic mass is 16.5. The molecule has 0 saturated carbocycles. The summed E-state index contributed by atoms with van der Waals surface area (Å²) in [6.45, 7) is 7.81. The van der Waals surface area contributed by atoms with Crippen LogP contribution in [-0.4, -0.2) is 58.8 Å². The van der Waals surface area contributed by atoms with Crippen molar-refractivity contribution in [3.63, 3.8) is 0 Å². The van der Waals surface area contributed by atoms with Gasteiger partial charge in [-0.1, -0.05) is 18.2 Å². The van der Waals surface area contributed by atoms with E-state index in [9.17, 15) is 9.59 Å². The van der Waals surface area contributed by atoms with E-state index in [4.69, 9.17) is 4.74 Å². The Bertz CT molecular complexity index is 810. The van der Waals surface area contributed by atoms with Gasteiger partial charge >= 0.3 is 0 Å².